The third kappa shape index (κ3) is 3.43. The zero-order chi connectivity index (χ0) is 18.2. The van der Waals surface area contributed by atoms with E-state index in [-0.39, 0.29) is 29.9 Å². The van der Waals surface area contributed by atoms with Crippen molar-refractivity contribution >= 4 is 17.5 Å². The molecule has 1 saturated heterocycles. The largest absolute Gasteiger partial charge is 0.369 e. The molecule has 2 fully saturated rings. The highest BCUT2D eigenvalue weighted by atomic mass is 16.5. The van der Waals surface area contributed by atoms with Crippen molar-refractivity contribution in [3.8, 4) is 0 Å². The summed E-state index contributed by atoms with van der Waals surface area (Å²) in [4.78, 5) is 24.2. The van der Waals surface area contributed by atoms with E-state index in [4.69, 9.17) is 10.5 Å². The first kappa shape index (κ1) is 17.9. The van der Waals surface area contributed by atoms with Crippen LogP contribution in [0, 0.1) is 11.8 Å². The number of fused-ring (bicyclic) bond motifs is 1. The molecule has 0 spiro atoms. The highest BCUT2D eigenvalue weighted by molar-refractivity contribution is 5.94. The lowest BCUT2D eigenvalue weighted by Crippen LogP contribution is -2.35. The second kappa shape index (κ2) is 6.79. The van der Waals surface area contributed by atoms with Crippen LogP contribution in [0.5, 0.6) is 0 Å². The van der Waals surface area contributed by atoms with E-state index in [0.717, 1.165) is 18.4 Å². The number of benzene rings is 1. The van der Waals surface area contributed by atoms with Crippen LogP contribution < -0.4 is 11.1 Å². The Kier molecular flexibility index (Phi) is 4.87. The van der Waals surface area contributed by atoms with E-state index in [0.29, 0.717) is 11.6 Å². The van der Waals surface area contributed by atoms with Gasteiger partial charge in [0.25, 0.3) is 5.91 Å². The number of nitrogens with one attached hydrogen (secondary N) is 1. The van der Waals surface area contributed by atoms with E-state index in [1.54, 1.807) is 13.8 Å². The number of anilines is 1. The Balaban J connectivity index is 1.66. The van der Waals surface area contributed by atoms with Crippen LogP contribution in [-0.4, -0.2) is 24.0 Å². The highest BCUT2D eigenvalue weighted by Crippen LogP contribution is 2.41. The summed E-state index contributed by atoms with van der Waals surface area (Å²) in [6.07, 6.45) is 4.51. The lowest BCUT2D eigenvalue weighted by Gasteiger charge is -2.25. The van der Waals surface area contributed by atoms with Crippen LogP contribution in [0.3, 0.4) is 0 Å². The van der Waals surface area contributed by atoms with Gasteiger partial charge in [0.05, 0.1) is 11.5 Å². The molecular formula is C20H28N2O3. The number of nitrogens with two attached hydrogens (primary N) is 1. The zero-order valence-electron chi connectivity index (χ0n) is 15.2. The van der Waals surface area contributed by atoms with Crippen molar-refractivity contribution < 1.29 is 14.3 Å². The molecule has 136 valence electrons. The van der Waals surface area contributed by atoms with Gasteiger partial charge in [0.1, 0.15) is 6.10 Å². The van der Waals surface area contributed by atoms with Gasteiger partial charge in [0.2, 0.25) is 5.91 Å². The molecular weight excluding hydrogens is 316 g/mol. The fourth-order valence-electron chi connectivity index (χ4n) is 4.06. The first-order valence-corrected chi connectivity index (χ1v) is 9.17. The van der Waals surface area contributed by atoms with E-state index in [1.807, 2.05) is 24.3 Å². The second-order valence-electron chi connectivity index (χ2n) is 7.96. The van der Waals surface area contributed by atoms with Gasteiger partial charge in [-0.1, -0.05) is 31.9 Å². The average molecular weight is 344 g/mol. The molecule has 25 heavy (non-hydrogen) atoms. The van der Waals surface area contributed by atoms with E-state index in [9.17, 15) is 9.59 Å². The third-order valence-electron chi connectivity index (χ3n) is 5.98. The molecule has 0 unspecified atom stereocenters. The fourth-order valence-corrected chi connectivity index (χ4v) is 4.06. The van der Waals surface area contributed by atoms with Gasteiger partial charge in [-0.15, -0.1) is 0 Å². The molecule has 2 amide bonds. The number of ether oxygens (including phenoxy) is 1. The van der Waals surface area contributed by atoms with Crippen molar-refractivity contribution in [1.82, 2.24) is 0 Å². The number of primary amides is 1. The van der Waals surface area contributed by atoms with Crippen molar-refractivity contribution in [3.63, 3.8) is 0 Å². The van der Waals surface area contributed by atoms with Crippen LogP contribution in [0.15, 0.2) is 24.3 Å². The molecule has 0 aromatic heterocycles. The van der Waals surface area contributed by atoms with Crippen molar-refractivity contribution in [2.24, 2.45) is 17.6 Å². The molecule has 1 aromatic rings. The van der Waals surface area contributed by atoms with E-state index in [2.05, 4.69) is 12.2 Å². The summed E-state index contributed by atoms with van der Waals surface area (Å²) < 4.78 is 6.05. The molecule has 3 N–H and O–H groups in total. The SMILES string of the molecule is C[C@H]1[C@H]2CCCC[C@H]2O[C@H]1C(=O)Nc1ccc(C(C)(C)C(N)=O)cc1. The van der Waals surface area contributed by atoms with Crippen molar-refractivity contribution in [2.45, 2.75) is 64.1 Å². The topological polar surface area (TPSA) is 81.4 Å². The van der Waals surface area contributed by atoms with Gasteiger partial charge in [-0.05, 0) is 56.2 Å². The molecule has 4 atom stereocenters. The summed E-state index contributed by atoms with van der Waals surface area (Å²) in [5.41, 5.74) is 6.25. The maximum absolute atomic E-state index is 12.6. The van der Waals surface area contributed by atoms with E-state index >= 15 is 0 Å². The Morgan fingerprint density at radius 3 is 2.40 bits per heavy atom. The molecule has 1 aliphatic carbocycles. The molecule has 0 radical (unpaired) electrons. The fraction of sp³-hybridized carbons (Fsp3) is 0.600. The summed E-state index contributed by atoms with van der Waals surface area (Å²) in [6.45, 7) is 5.70. The molecule has 5 heteroatoms. The second-order valence-corrected chi connectivity index (χ2v) is 7.96. The van der Waals surface area contributed by atoms with Gasteiger partial charge in [-0.25, -0.2) is 0 Å². The van der Waals surface area contributed by atoms with Crippen LogP contribution in [0.25, 0.3) is 0 Å². The molecule has 1 aromatic carbocycles. The lowest BCUT2D eigenvalue weighted by atomic mass is 9.79. The molecule has 5 nitrogen and oxygen atoms in total. The molecule has 0 bridgehead atoms. The Labute approximate surface area is 149 Å². The summed E-state index contributed by atoms with van der Waals surface area (Å²) in [6, 6.07) is 7.29. The van der Waals surface area contributed by atoms with Gasteiger partial charge >= 0.3 is 0 Å². The van der Waals surface area contributed by atoms with Gasteiger partial charge in [-0.2, -0.15) is 0 Å². The minimum Gasteiger partial charge on any atom is -0.369 e. The maximum Gasteiger partial charge on any atom is 0.253 e. The van der Waals surface area contributed by atoms with Crippen molar-refractivity contribution in [2.75, 3.05) is 5.32 Å². The summed E-state index contributed by atoms with van der Waals surface area (Å²) >= 11 is 0. The molecule has 1 aliphatic heterocycles. The minimum atomic E-state index is -0.735. The smallest absolute Gasteiger partial charge is 0.253 e. The molecule has 1 saturated carbocycles. The number of carbonyl (C=O) groups is 2. The highest BCUT2D eigenvalue weighted by Gasteiger charge is 2.45. The van der Waals surface area contributed by atoms with Crippen LogP contribution in [0.1, 0.15) is 52.0 Å². The third-order valence-corrected chi connectivity index (χ3v) is 5.98. The van der Waals surface area contributed by atoms with Gasteiger partial charge in [0, 0.05) is 5.69 Å². The Hall–Kier alpha value is -1.88. The van der Waals surface area contributed by atoms with Crippen LogP contribution in [0.4, 0.5) is 5.69 Å². The molecule has 2 aliphatic rings. The molecule has 3 rings (SSSR count). The van der Waals surface area contributed by atoms with E-state index < -0.39 is 5.41 Å². The van der Waals surface area contributed by atoms with Crippen molar-refractivity contribution in [1.29, 1.82) is 0 Å². The Bertz CT molecular complexity index is 653. The quantitative estimate of drug-likeness (QED) is 0.881. The summed E-state index contributed by atoms with van der Waals surface area (Å²) in [5.74, 6) is 0.297. The zero-order valence-corrected chi connectivity index (χ0v) is 15.2. The van der Waals surface area contributed by atoms with E-state index in [1.165, 1.54) is 12.8 Å². The van der Waals surface area contributed by atoms with Crippen LogP contribution in [0.2, 0.25) is 0 Å². The summed E-state index contributed by atoms with van der Waals surface area (Å²) in [5, 5.41) is 2.95. The lowest BCUT2D eigenvalue weighted by molar-refractivity contribution is -0.128. The normalized spacial score (nSPS) is 29.1. The monoisotopic (exact) mass is 344 g/mol. The average Bonchev–Trinajstić information content (AvgIpc) is 2.93. The first-order chi connectivity index (χ1) is 11.8. The molecule has 1 heterocycles. The Morgan fingerprint density at radius 2 is 1.80 bits per heavy atom. The number of carbonyl (C=O) groups excluding carboxylic acids is 2. The first-order valence-electron chi connectivity index (χ1n) is 9.17. The van der Waals surface area contributed by atoms with Crippen LogP contribution in [-0.2, 0) is 19.7 Å². The minimum absolute atomic E-state index is 0.0798. The number of rotatable bonds is 4. The predicted molar refractivity (Wildman–Crippen MR) is 97.1 cm³/mol. The van der Waals surface area contributed by atoms with Crippen molar-refractivity contribution in [3.05, 3.63) is 29.8 Å². The predicted octanol–water partition coefficient (Wildman–Crippen LogP) is 2.98. The number of hydrogen-bond acceptors (Lipinski definition) is 3. The van der Waals surface area contributed by atoms with Gasteiger partial charge in [-0.3, -0.25) is 9.59 Å². The number of amides is 2. The Morgan fingerprint density at radius 1 is 1.16 bits per heavy atom. The van der Waals surface area contributed by atoms with Gasteiger partial charge < -0.3 is 15.8 Å². The standard InChI is InChI=1S/C20H28N2O3/c1-12-15-6-4-5-7-16(15)25-17(12)18(23)22-14-10-8-13(9-11-14)20(2,3)19(21)24/h8-12,15-17H,4-7H2,1-3H3,(H2,21,24)(H,22,23)/t12-,15+,16+,17+/m0/s1. The summed E-state index contributed by atoms with van der Waals surface area (Å²) in [7, 11) is 0. The maximum atomic E-state index is 12.6. The van der Waals surface area contributed by atoms with Gasteiger partial charge in [0.15, 0.2) is 0 Å². The van der Waals surface area contributed by atoms with Crippen LogP contribution >= 0.6 is 0 Å². The number of hydrogen-bond donors (Lipinski definition) is 2.